The average Bonchev–Trinajstić information content (AvgIpc) is 3.45. The van der Waals surface area contributed by atoms with Crippen LogP contribution in [0.1, 0.15) is 40.3 Å². The molecule has 2 aliphatic heterocycles. The number of aliphatic hydroxyl groups excluding tert-OH is 1. The molecule has 2 aliphatic rings. The van der Waals surface area contributed by atoms with E-state index in [4.69, 9.17) is 9.72 Å². The maximum Gasteiger partial charge on any atom is 0.302 e. The molecule has 6 rings (SSSR count). The molecule has 8 nitrogen and oxygen atoms in total. The molecular formula is C31H30N4O4. The van der Waals surface area contributed by atoms with E-state index >= 15 is 0 Å². The molecule has 198 valence electrons. The number of Topliss-reactive ketones (excluding diaryl/α,β-unsaturated/α-hetero) is 1. The predicted octanol–water partition coefficient (Wildman–Crippen LogP) is 5.20. The lowest BCUT2D eigenvalue weighted by Gasteiger charge is -2.24. The third kappa shape index (κ3) is 4.12. The zero-order valence-electron chi connectivity index (χ0n) is 22.4. The number of ether oxygens (including phenoxy) is 1. The Kier molecular flexibility index (Phi) is 5.90. The van der Waals surface area contributed by atoms with E-state index < -0.39 is 17.7 Å². The average molecular weight is 523 g/mol. The maximum atomic E-state index is 13.6. The lowest BCUT2D eigenvalue weighted by molar-refractivity contribution is -0.132. The van der Waals surface area contributed by atoms with Crippen molar-refractivity contribution in [1.82, 2.24) is 9.97 Å². The van der Waals surface area contributed by atoms with Gasteiger partial charge in [-0.3, -0.25) is 14.5 Å². The molecule has 4 aromatic rings. The number of nitrogens with zero attached hydrogens (tertiary/aromatic N) is 3. The number of carbonyl (C=O) groups excluding carboxylic acids is 2. The molecule has 3 heterocycles. The first-order valence-corrected chi connectivity index (χ1v) is 13.0. The third-order valence-electron chi connectivity index (χ3n) is 7.66. The summed E-state index contributed by atoms with van der Waals surface area (Å²) in [5.41, 5.74) is 6.77. The number of hydrogen-bond acceptors (Lipinski definition) is 6. The Morgan fingerprint density at radius 2 is 1.79 bits per heavy atom. The number of aryl methyl sites for hydroxylation is 3. The minimum absolute atomic E-state index is 0.0297. The molecule has 8 heteroatoms. The van der Waals surface area contributed by atoms with E-state index in [-0.39, 0.29) is 17.3 Å². The number of aromatic amines is 1. The Balaban J connectivity index is 1.53. The third-order valence-corrected chi connectivity index (χ3v) is 7.66. The van der Waals surface area contributed by atoms with Crippen molar-refractivity contribution in [3.05, 3.63) is 88.0 Å². The quantitative estimate of drug-likeness (QED) is 0.217. The first-order chi connectivity index (χ1) is 18.7. The van der Waals surface area contributed by atoms with Crippen LogP contribution in [0.25, 0.3) is 16.8 Å². The van der Waals surface area contributed by atoms with E-state index in [1.807, 2.05) is 81.4 Å². The highest BCUT2D eigenvalue weighted by Gasteiger charge is 2.48. The molecule has 1 atom stereocenters. The Labute approximate surface area is 226 Å². The zero-order chi connectivity index (χ0) is 27.4. The number of aliphatic hydroxyl groups is 1. The number of H-pyrrole nitrogens is 1. The van der Waals surface area contributed by atoms with Crippen molar-refractivity contribution < 1.29 is 19.4 Å². The fourth-order valence-corrected chi connectivity index (χ4v) is 5.35. The summed E-state index contributed by atoms with van der Waals surface area (Å²) >= 11 is 0. The predicted molar refractivity (Wildman–Crippen MR) is 151 cm³/mol. The summed E-state index contributed by atoms with van der Waals surface area (Å²) in [6.45, 7) is 4.67. The summed E-state index contributed by atoms with van der Waals surface area (Å²) in [6, 6.07) is 16.1. The molecule has 0 bridgehead atoms. The van der Waals surface area contributed by atoms with Crippen LogP contribution >= 0.6 is 0 Å². The molecule has 3 aromatic carbocycles. The number of fused-ring (bicyclic) bond motifs is 2. The van der Waals surface area contributed by atoms with Crippen molar-refractivity contribution in [2.24, 2.45) is 0 Å². The smallest absolute Gasteiger partial charge is 0.302 e. The second-order valence-electron chi connectivity index (χ2n) is 10.4. The minimum Gasteiger partial charge on any atom is -0.507 e. The standard InChI is InChI=1S/C31H30N4O4/c1-17-14-23-24(15-18(17)2)33-31(32-23)35-27(19-7-10-22(11-8-19)34(3)4)26(29(37)30(35)38)28(36)21-9-12-25-20(16-21)6-5-13-39-25/h7-12,14-16,27,36H,5-6,13H2,1-4H3,(H,32,33)/b28-26+. The lowest BCUT2D eigenvalue weighted by Crippen LogP contribution is -2.30. The van der Waals surface area contributed by atoms with E-state index in [9.17, 15) is 14.7 Å². The summed E-state index contributed by atoms with van der Waals surface area (Å²) in [4.78, 5) is 38.5. The van der Waals surface area contributed by atoms with Gasteiger partial charge in [-0.25, -0.2) is 4.98 Å². The fourth-order valence-electron chi connectivity index (χ4n) is 5.35. The van der Waals surface area contributed by atoms with Gasteiger partial charge >= 0.3 is 5.91 Å². The summed E-state index contributed by atoms with van der Waals surface area (Å²) in [5.74, 6) is -0.671. The molecule has 1 aromatic heterocycles. The first kappa shape index (κ1) is 24.7. The van der Waals surface area contributed by atoms with Gasteiger partial charge in [0.2, 0.25) is 5.95 Å². The van der Waals surface area contributed by atoms with Crippen LogP contribution in [0.4, 0.5) is 11.6 Å². The van der Waals surface area contributed by atoms with Gasteiger partial charge in [0.15, 0.2) is 0 Å². The van der Waals surface area contributed by atoms with Crippen LogP contribution in [-0.2, 0) is 16.0 Å². The van der Waals surface area contributed by atoms with Crippen molar-refractivity contribution in [3.63, 3.8) is 0 Å². The van der Waals surface area contributed by atoms with Crippen molar-refractivity contribution in [1.29, 1.82) is 0 Å². The number of aromatic nitrogens is 2. The molecule has 0 radical (unpaired) electrons. The van der Waals surface area contributed by atoms with Crippen molar-refractivity contribution in [2.45, 2.75) is 32.7 Å². The highest BCUT2D eigenvalue weighted by atomic mass is 16.5. The summed E-state index contributed by atoms with van der Waals surface area (Å²) in [6.07, 6.45) is 1.70. The molecule has 0 saturated carbocycles. The van der Waals surface area contributed by atoms with Gasteiger partial charge in [0.05, 0.1) is 29.3 Å². The molecule has 0 spiro atoms. The molecule has 0 aliphatic carbocycles. The fraction of sp³-hybridized carbons (Fsp3) is 0.258. The van der Waals surface area contributed by atoms with Crippen LogP contribution in [0.5, 0.6) is 5.75 Å². The molecule has 1 fully saturated rings. The number of nitrogens with one attached hydrogen (secondary N) is 1. The molecule has 2 N–H and O–H groups in total. The summed E-state index contributed by atoms with van der Waals surface area (Å²) < 4.78 is 5.72. The highest BCUT2D eigenvalue weighted by molar-refractivity contribution is 6.51. The van der Waals surface area contributed by atoms with Gasteiger partial charge in [0.1, 0.15) is 11.5 Å². The van der Waals surface area contributed by atoms with E-state index in [1.165, 1.54) is 4.90 Å². The maximum absolute atomic E-state index is 13.6. The van der Waals surface area contributed by atoms with Gasteiger partial charge < -0.3 is 19.7 Å². The molecule has 1 unspecified atom stereocenters. The summed E-state index contributed by atoms with van der Waals surface area (Å²) in [7, 11) is 3.89. The van der Waals surface area contributed by atoms with Crippen molar-refractivity contribution in [2.75, 3.05) is 30.5 Å². The topological polar surface area (TPSA) is 98.8 Å². The second kappa shape index (κ2) is 9.31. The SMILES string of the molecule is Cc1cc2nc(N3C(=O)C(=O)/C(=C(/O)c4ccc5c(c4)CCCO5)C3c3ccc(N(C)C)cc3)[nH]c2cc1C. The Bertz CT molecular complexity index is 1630. The van der Waals surface area contributed by atoms with Crippen LogP contribution in [0.3, 0.4) is 0 Å². The Morgan fingerprint density at radius 3 is 2.54 bits per heavy atom. The van der Waals surface area contributed by atoms with E-state index in [2.05, 4.69) is 4.98 Å². The number of imidazole rings is 1. The van der Waals surface area contributed by atoms with Gasteiger partial charge in [0, 0.05) is 25.3 Å². The normalized spacial score (nSPS) is 18.4. The number of hydrogen-bond donors (Lipinski definition) is 2. The first-order valence-electron chi connectivity index (χ1n) is 13.0. The van der Waals surface area contributed by atoms with E-state index in [1.54, 1.807) is 6.07 Å². The summed E-state index contributed by atoms with van der Waals surface area (Å²) in [5, 5.41) is 11.6. The molecule has 1 amide bonds. The van der Waals surface area contributed by atoms with Gasteiger partial charge in [0.25, 0.3) is 5.78 Å². The highest BCUT2D eigenvalue weighted by Crippen LogP contribution is 2.42. The number of rotatable bonds is 4. The Morgan fingerprint density at radius 1 is 1.05 bits per heavy atom. The van der Waals surface area contributed by atoms with Crippen LogP contribution in [0, 0.1) is 13.8 Å². The Hall–Kier alpha value is -4.59. The van der Waals surface area contributed by atoms with E-state index in [0.29, 0.717) is 23.3 Å². The number of ketones is 1. The van der Waals surface area contributed by atoms with Crippen LogP contribution < -0.4 is 14.5 Å². The largest absolute Gasteiger partial charge is 0.507 e. The number of carbonyl (C=O) groups is 2. The van der Waals surface area contributed by atoms with Crippen LogP contribution in [0.2, 0.25) is 0 Å². The van der Waals surface area contributed by atoms with Crippen LogP contribution in [0.15, 0.2) is 60.2 Å². The number of anilines is 2. The van der Waals surface area contributed by atoms with Crippen LogP contribution in [-0.4, -0.2) is 47.5 Å². The van der Waals surface area contributed by atoms with Gasteiger partial charge in [-0.1, -0.05) is 12.1 Å². The second-order valence-corrected chi connectivity index (χ2v) is 10.4. The van der Waals surface area contributed by atoms with E-state index in [0.717, 1.165) is 46.5 Å². The number of benzene rings is 3. The van der Waals surface area contributed by atoms with Gasteiger partial charge in [-0.05, 0) is 91.4 Å². The number of amides is 1. The zero-order valence-corrected chi connectivity index (χ0v) is 22.4. The monoisotopic (exact) mass is 522 g/mol. The molecular weight excluding hydrogens is 492 g/mol. The molecule has 1 saturated heterocycles. The lowest BCUT2D eigenvalue weighted by atomic mass is 9.94. The minimum atomic E-state index is -0.865. The van der Waals surface area contributed by atoms with Gasteiger partial charge in [-0.2, -0.15) is 0 Å². The molecule has 39 heavy (non-hydrogen) atoms. The van der Waals surface area contributed by atoms with Crippen molar-refractivity contribution >= 4 is 40.1 Å². The van der Waals surface area contributed by atoms with Crippen molar-refractivity contribution in [3.8, 4) is 5.75 Å². The van der Waals surface area contributed by atoms with Gasteiger partial charge in [-0.15, -0.1) is 0 Å².